The fraction of sp³-hybridized carbons (Fsp3) is 0.188. The highest BCUT2D eigenvalue weighted by molar-refractivity contribution is 9.09. The van der Waals surface area contributed by atoms with E-state index in [0.717, 1.165) is 11.1 Å². The summed E-state index contributed by atoms with van der Waals surface area (Å²) in [5, 5.41) is 0. The van der Waals surface area contributed by atoms with Crippen molar-refractivity contribution in [1.29, 1.82) is 0 Å². The molecule has 0 radical (unpaired) electrons. The topological polar surface area (TPSA) is 26.3 Å². The normalized spacial score (nSPS) is 14.3. The quantitative estimate of drug-likeness (QED) is 0.442. The van der Waals surface area contributed by atoms with Crippen molar-refractivity contribution < 1.29 is 9.53 Å². The number of alkyl halides is 1. The Morgan fingerprint density at radius 1 is 1.32 bits per heavy atom. The highest BCUT2D eigenvalue weighted by atomic mass is 79.9. The van der Waals surface area contributed by atoms with Crippen molar-refractivity contribution in [2.45, 2.75) is 17.9 Å². The van der Waals surface area contributed by atoms with Crippen LogP contribution in [0.15, 0.2) is 67.3 Å². The number of rotatable bonds is 6. The predicted molar refractivity (Wildman–Crippen MR) is 82.1 cm³/mol. The van der Waals surface area contributed by atoms with Gasteiger partial charge in [0.2, 0.25) is 0 Å². The van der Waals surface area contributed by atoms with Crippen LogP contribution in [0.3, 0.4) is 0 Å². The van der Waals surface area contributed by atoms with Gasteiger partial charge in [-0.3, -0.25) is 4.79 Å². The zero-order chi connectivity index (χ0) is 14.3. The summed E-state index contributed by atoms with van der Waals surface area (Å²) in [5.41, 5.74) is 1.68. The molecular formula is C16H17BrO2. The van der Waals surface area contributed by atoms with E-state index in [2.05, 4.69) is 29.1 Å². The smallest absolute Gasteiger partial charge is 0.324 e. The van der Waals surface area contributed by atoms with Gasteiger partial charge in [0, 0.05) is 0 Å². The minimum absolute atomic E-state index is 0.324. The monoisotopic (exact) mass is 320 g/mol. The summed E-state index contributed by atoms with van der Waals surface area (Å²) < 4.78 is 5.40. The van der Waals surface area contributed by atoms with Crippen molar-refractivity contribution >= 4 is 21.9 Å². The zero-order valence-corrected chi connectivity index (χ0v) is 12.5. The average Bonchev–Trinajstić information content (AvgIpc) is 2.44. The lowest BCUT2D eigenvalue weighted by molar-refractivity contribution is -0.145. The summed E-state index contributed by atoms with van der Waals surface area (Å²) in [5.74, 6) is -0.324. The molecule has 2 atom stereocenters. The van der Waals surface area contributed by atoms with Crippen molar-refractivity contribution in [1.82, 2.24) is 0 Å². The van der Waals surface area contributed by atoms with E-state index in [1.54, 1.807) is 25.2 Å². The number of carbonyl (C=O) groups excluding carboxylic acids is 1. The van der Waals surface area contributed by atoms with Gasteiger partial charge in [-0.15, -0.1) is 0 Å². The van der Waals surface area contributed by atoms with Gasteiger partial charge in [0.1, 0.15) is 10.9 Å². The van der Waals surface area contributed by atoms with Gasteiger partial charge in [-0.05, 0) is 18.1 Å². The van der Waals surface area contributed by atoms with E-state index >= 15 is 0 Å². The van der Waals surface area contributed by atoms with Gasteiger partial charge in [-0.25, -0.2) is 0 Å². The first-order chi connectivity index (χ1) is 9.10. The Morgan fingerprint density at radius 3 is 2.47 bits per heavy atom. The molecule has 0 amide bonds. The minimum Gasteiger partial charge on any atom is -0.457 e. The highest BCUT2D eigenvalue weighted by Crippen LogP contribution is 2.25. The van der Waals surface area contributed by atoms with E-state index in [4.69, 9.17) is 4.74 Å². The maximum absolute atomic E-state index is 12.0. The van der Waals surface area contributed by atoms with E-state index in [-0.39, 0.29) is 12.1 Å². The number of esters is 1. The van der Waals surface area contributed by atoms with Gasteiger partial charge >= 0.3 is 5.97 Å². The van der Waals surface area contributed by atoms with E-state index in [0.29, 0.717) is 0 Å². The van der Waals surface area contributed by atoms with Crippen LogP contribution in [0.4, 0.5) is 0 Å². The van der Waals surface area contributed by atoms with Gasteiger partial charge in [0.25, 0.3) is 0 Å². The van der Waals surface area contributed by atoms with Crippen molar-refractivity contribution in [2.24, 2.45) is 0 Å². The standard InChI is InChI=1S/C16H17BrO2/c1-4-9-13(5-2)12(3)19-16(18)15(17)14-10-7-6-8-11-14/h4-12,15H,1-2H2,3H3/b13-9+. The Kier molecular flexibility index (Phi) is 6.30. The summed E-state index contributed by atoms with van der Waals surface area (Å²) in [6.45, 7) is 9.12. The van der Waals surface area contributed by atoms with E-state index in [9.17, 15) is 4.79 Å². The van der Waals surface area contributed by atoms with E-state index in [1.807, 2.05) is 30.3 Å². The molecule has 0 saturated carbocycles. The Morgan fingerprint density at radius 2 is 1.95 bits per heavy atom. The Labute approximate surface area is 122 Å². The summed E-state index contributed by atoms with van der Waals surface area (Å²) in [6, 6.07) is 9.42. The first-order valence-corrected chi connectivity index (χ1v) is 6.86. The molecule has 2 unspecified atom stereocenters. The molecule has 0 aliphatic rings. The van der Waals surface area contributed by atoms with Crippen molar-refractivity contribution in [3.63, 3.8) is 0 Å². The summed E-state index contributed by atoms with van der Waals surface area (Å²) in [4.78, 5) is 11.6. The third kappa shape index (κ3) is 4.52. The molecule has 0 aliphatic heterocycles. The summed E-state index contributed by atoms with van der Waals surface area (Å²) in [6.07, 6.45) is 4.72. The number of halogens is 1. The Balaban J connectivity index is 2.72. The van der Waals surface area contributed by atoms with Crippen LogP contribution >= 0.6 is 15.9 Å². The second-order valence-corrected chi connectivity index (χ2v) is 4.87. The number of hydrogen-bond acceptors (Lipinski definition) is 2. The van der Waals surface area contributed by atoms with Crippen LogP contribution in [0, 0.1) is 0 Å². The van der Waals surface area contributed by atoms with Gasteiger partial charge in [0.15, 0.2) is 0 Å². The largest absolute Gasteiger partial charge is 0.457 e. The fourth-order valence-electron chi connectivity index (χ4n) is 1.57. The first-order valence-electron chi connectivity index (χ1n) is 5.94. The first kappa shape index (κ1) is 15.4. The van der Waals surface area contributed by atoms with Crippen molar-refractivity contribution in [3.05, 3.63) is 72.9 Å². The van der Waals surface area contributed by atoms with Gasteiger partial charge in [-0.1, -0.05) is 77.6 Å². The van der Waals surface area contributed by atoms with Gasteiger partial charge in [0.05, 0.1) is 0 Å². The molecule has 1 aromatic carbocycles. The second-order valence-electron chi connectivity index (χ2n) is 3.96. The zero-order valence-electron chi connectivity index (χ0n) is 10.9. The Hall–Kier alpha value is -1.61. The number of hydrogen-bond donors (Lipinski definition) is 0. The number of benzene rings is 1. The lowest BCUT2D eigenvalue weighted by Gasteiger charge is -2.17. The maximum Gasteiger partial charge on any atom is 0.324 e. The lowest BCUT2D eigenvalue weighted by Crippen LogP contribution is -2.19. The number of allylic oxidation sites excluding steroid dienone is 2. The second kappa shape index (κ2) is 7.74. The van der Waals surface area contributed by atoms with Crippen LogP contribution in [-0.4, -0.2) is 12.1 Å². The number of ether oxygens (including phenoxy) is 1. The maximum atomic E-state index is 12.0. The van der Waals surface area contributed by atoms with Crippen LogP contribution in [0.25, 0.3) is 0 Å². The molecule has 1 aromatic rings. The molecule has 0 saturated heterocycles. The van der Waals surface area contributed by atoms with Crippen LogP contribution in [-0.2, 0) is 9.53 Å². The molecule has 1 rings (SSSR count). The highest BCUT2D eigenvalue weighted by Gasteiger charge is 2.21. The molecular weight excluding hydrogens is 304 g/mol. The number of carbonyl (C=O) groups is 1. The van der Waals surface area contributed by atoms with Gasteiger partial charge in [-0.2, -0.15) is 0 Å². The van der Waals surface area contributed by atoms with E-state index in [1.165, 1.54) is 0 Å². The van der Waals surface area contributed by atoms with Crippen molar-refractivity contribution in [3.8, 4) is 0 Å². The van der Waals surface area contributed by atoms with Crippen LogP contribution in [0.2, 0.25) is 0 Å². The van der Waals surface area contributed by atoms with Crippen LogP contribution in [0.5, 0.6) is 0 Å². The molecule has 2 nitrogen and oxygen atoms in total. The summed E-state index contributed by atoms with van der Waals surface area (Å²) in [7, 11) is 0. The molecule has 3 heteroatoms. The molecule has 0 N–H and O–H groups in total. The molecule has 19 heavy (non-hydrogen) atoms. The minimum atomic E-state index is -0.467. The van der Waals surface area contributed by atoms with Gasteiger partial charge < -0.3 is 4.74 Å². The lowest BCUT2D eigenvalue weighted by atomic mass is 10.1. The Bertz CT molecular complexity index is 477. The van der Waals surface area contributed by atoms with Crippen LogP contribution in [0.1, 0.15) is 17.3 Å². The molecule has 0 spiro atoms. The fourth-order valence-corrected chi connectivity index (χ4v) is 1.98. The molecule has 100 valence electrons. The molecule has 0 aliphatic carbocycles. The molecule has 0 aromatic heterocycles. The molecule has 0 fully saturated rings. The molecule has 0 heterocycles. The third-order valence-electron chi connectivity index (χ3n) is 2.61. The van der Waals surface area contributed by atoms with Crippen molar-refractivity contribution in [2.75, 3.05) is 0 Å². The third-order valence-corrected chi connectivity index (χ3v) is 3.51. The van der Waals surface area contributed by atoms with Crippen LogP contribution < -0.4 is 0 Å². The summed E-state index contributed by atoms with van der Waals surface area (Å²) >= 11 is 3.35. The average molecular weight is 321 g/mol. The van der Waals surface area contributed by atoms with E-state index < -0.39 is 4.83 Å². The predicted octanol–water partition coefficient (Wildman–Crippen LogP) is 4.35. The SMILES string of the molecule is C=C/C=C(\C=C)C(C)OC(=O)C(Br)c1ccccc1. The molecule has 0 bridgehead atoms.